The maximum Gasteiger partial charge on any atom is 0.210 e. The number of nitrogens with two attached hydrogens (primary N) is 1. The van der Waals surface area contributed by atoms with Crippen LogP contribution in [0.15, 0.2) is 64.2 Å². The van der Waals surface area contributed by atoms with E-state index in [1.165, 1.54) is 16.4 Å². The van der Waals surface area contributed by atoms with E-state index in [9.17, 15) is 4.79 Å². The van der Waals surface area contributed by atoms with E-state index in [0.717, 1.165) is 10.2 Å². The third-order valence-electron chi connectivity index (χ3n) is 3.34. The Morgan fingerprint density at radius 3 is 2.56 bits per heavy atom. The highest BCUT2D eigenvalue weighted by Crippen LogP contribution is 2.19. The van der Waals surface area contributed by atoms with Crippen LogP contribution in [0.1, 0.15) is 16.2 Å². The number of thioether (sulfide) groups is 1. The van der Waals surface area contributed by atoms with E-state index in [4.69, 9.17) is 10.6 Å². The number of nitrogen functional groups attached to an aromatic ring is 1. The summed E-state index contributed by atoms with van der Waals surface area (Å²) in [7, 11) is 0. The monoisotopic (exact) mass is 418 g/mol. The highest BCUT2D eigenvalue weighted by molar-refractivity contribution is 9.10. The Bertz CT molecular complexity index is 853. The zero-order valence-corrected chi connectivity index (χ0v) is 15.5. The number of nitrogens with zero attached hydrogens (tertiary/aromatic N) is 3. The zero-order valence-electron chi connectivity index (χ0n) is 13.1. The number of hydrogen-bond donors (Lipinski definition) is 1. The van der Waals surface area contributed by atoms with E-state index in [-0.39, 0.29) is 18.1 Å². The molecule has 6 nitrogen and oxygen atoms in total. The molecular formula is C17H15BrN4O2S. The molecule has 2 N–H and O–H groups in total. The van der Waals surface area contributed by atoms with Gasteiger partial charge in [0.1, 0.15) is 12.4 Å². The van der Waals surface area contributed by atoms with Crippen molar-refractivity contribution in [3.63, 3.8) is 0 Å². The molecule has 0 saturated heterocycles. The lowest BCUT2D eigenvalue weighted by molar-refractivity contribution is 0.102. The number of ether oxygens (including phenoxy) is 1. The summed E-state index contributed by atoms with van der Waals surface area (Å²) in [4.78, 5) is 12.2. The van der Waals surface area contributed by atoms with Gasteiger partial charge in [0, 0.05) is 10.0 Å². The van der Waals surface area contributed by atoms with Crippen molar-refractivity contribution in [2.24, 2.45) is 0 Å². The Morgan fingerprint density at radius 1 is 1.12 bits per heavy atom. The lowest BCUT2D eigenvalue weighted by atomic mass is 10.2. The smallest absolute Gasteiger partial charge is 0.210 e. The Hall–Kier alpha value is -2.32. The van der Waals surface area contributed by atoms with E-state index in [1.54, 1.807) is 12.1 Å². The van der Waals surface area contributed by atoms with Crippen molar-refractivity contribution in [1.29, 1.82) is 0 Å². The molecule has 3 rings (SSSR count). The molecule has 0 aliphatic carbocycles. The van der Waals surface area contributed by atoms with Gasteiger partial charge in [-0.3, -0.25) is 4.79 Å². The third kappa shape index (κ3) is 4.61. The number of carbonyl (C=O) groups is 1. The number of halogens is 1. The quantitative estimate of drug-likeness (QED) is 0.360. The fourth-order valence-corrected chi connectivity index (χ4v) is 3.05. The van der Waals surface area contributed by atoms with Crippen LogP contribution in [0.3, 0.4) is 0 Å². The maximum absolute atomic E-state index is 12.2. The Labute approximate surface area is 157 Å². The van der Waals surface area contributed by atoms with E-state index in [0.29, 0.717) is 16.5 Å². The molecule has 8 heteroatoms. The lowest BCUT2D eigenvalue weighted by Crippen LogP contribution is -2.16. The van der Waals surface area contributed by atoms with Crippen LogP contribution >= 0.6 is 27.7 Å². The van der Waals surface area contributed by atoms with Gasteiger partial charge in [0.2, 0.25) is 5.16 Å². The molecular weight excluding hydrogens is 404 g/mol. The summed E-state index contributed by atoms with van der Waals surface area (Å²) in [5, 5.41) is 8.51. The minimum Gasteiger partial charge on any atom is -0.486 e. The largest absolute Gasteiger partial charge is 0.486 e. The highest BCUT2D eigenvalue weighted by atomic mass is 79.9. The first-order valence-electron chi connectivity index (χ1n) is 7.42. The Balaban J connectivity index is 1.57. The Morgan fingerprint density at radius 2 is 1.84 bits per heavy atom. The van der Waals surface area contributed by atoms with Gasteiger partial charge >= 0.3 is 0 Å². The molecule has 2 aromatic carbocycles. The standard InChI is InChI=1S/C17H15BrN4O2S/c18-13-8-6-12(7-9-13)15(23)11-25-17-21-20-16(22(17)19)10-24-14-4-2-1-3-5-14/h1-9H,10-11,19H2. The van der Waals surface area contributed by atoms with Gasteiger partial charge in [-0.1, -0.05) is 58.0 Å². The molecule has 0 saturated carbocycles. The minimum atomic E-state index is 0.00239. The molecule has 0 unspecified atom stereocenters. The molecule has 0 aliphatic rings. The average Bonchev–Trinajstić information content (AvgIpc) is 2.99. The van der Waals surface area contributed by atoms with Crippen LogP contribution in [-0.4, -0.2) is 26.4 Å². The van der Waals surface area contributed by atoms with E-state index >= 15 is 0 Å². The van der Waals surface area contributed by atoms with Crippen molar-refractivity contribution in [3.05, 3.63) is 70.5 Å². The summed E-state index contributed by atoms with van der Waals surface area (Å²) in [5.74, 6) is 7.44. The Kier molecular flexibility index (Phi) is 5.72. The van der Waals surface area contributed by atoms with Gasteiger partial charge in [-0.2, -0.15) is 0 Å². The second-order valence-corrected chi connectivity index (χ2v) is 6.95. The van der Waals surface area contributed by atoms with Gasteiger partial charge in [-0.05, 0) is 24.3 Å². The molecule has 1 heterocycles. The summed E-state index contributed by atoms with van der Waals surface area (Å²) in [6.07, 6.45) is 0. The molecule has 0 spiro atoms. The van der Waals surface area contributed by atoms with Crippen molar-refractivity contribution in [3.8, 4) is 5.75 Å². The van der Waals surface area contributed by atoms with Crippen LogP contribution in [-0.2, 0) is 6.61 Å². The summed E-state index contributed by atoms with van der Waals surface area (Å²) in [5.41, 5.74) is 0.645. The molecule has 25 heavy (non-hydrogen) atoms. The van der Waals surface area contributed by atoms with Crippen molar-refractivity contribution in [1.82, 2.24) is 14.9 Å². The molecule has 128 valence electrons. The number of aromatic nitrogens is 3. The van der Waals surface area contributed by atoms with Crippen LogP contribution in [0, 0.1) is 0 Å². The van der Waals surface area contributed by atoms with Crippen LogP contribution in [0.5, 0.6) is 5.75 Å². The van der Waals surface area contributed by atoms with Gasteiger partial charge in [-0.25, -0.2) is 4.68 Å². The van der Waals surface area contributed by atoms with Crippen molar-refractivity contribution in [2.45, 2.75) is 11.8 Å². The summed E-state index contributed by atoms with van der Waals surface area (Å²) in [6, 6.07) is 16.6. The first-order valence-corrected chi connectivity index (χ1v) is 9.20. The molecule has 0 atom stereocenters. The topological polar surface area (TPSA) is 83.0 Å². The van der Waals surface area contributed by atoms with Gasteiger partial charge in [-0.15, -0.1) is 10.2 Å². The summed E-state index contributed by atoms with van der Waals surface area (Å²) < 4.78 is 7.89. The molecule has 0 amide bonds. The van der Waals surface area contributed by atoms with Crippen LogP contribution in [0.4, 0.5) is 0 Å². The SMILES string of the molecule is Nn1c(COc2ccccc2)nnc1SCC(=O)c1ccc(Br)cc1. The van der Waals surface area contributed by atoms with Crippen LogP contribution < -0.4 is 10.6 Å². The second kappa shape index (κ2) is 8.17. The molecule has 0 radical (unpaired) electrons. The fraction of sp³-hybridized carbons (Fsp3) is 0.118. The van der Waals surface area contributed by atoms with E-state index in [2.05, 4.69) is 26.1 Å². The van der Waals surface area contributed by atoms with Crippen LogP contribution in [0.2, 0.25) is 0 Å². The first-order chi connectivity index (χ1) is 12.1. The van der Waals surface area contributed by atoms with Crippen molar-refractivity contribution < 1.29 is 9.53 Å². The molecule has 0 bridgehead atoms. The second-order valence-electron chi connectivity index (χ2n) is 5.09. The molecule has 3 aromatic rings. The summed E-state index contributed by atoms with van der Waals surface area (Å²) >= 11 is 4.59. The minimum absolute atomic E-state index is 0.00239. The average molecular weight is 419 g/mol. The first kappa shape index (κ1) is 17.5. The van der Waals surface area contributed by atoms with E-state index < -0.39 is 0 Å². The van der Waals surface area contributed by atoms with Gasteiger partial charge in [0.05, 0.1) is 5.75 Å². The number of para-hydroxylation sites is 1. The molecule has 0 aliphatic heterocycles. The van der Waals surface area contributed by atoms with Gasteiger partial charge in [0.25, 0.3) is 0 Å². The maximum atomic E-state index is 12.2. The predicted molar refractivity (Wildman–Crippen MR) is 100 cm³/mol. The lowest BCUT2D eigenvalue weighted by Gasteiger charge is -2.06. The predicted octanol–water partition coefficient (Wildman–Crippen LogP) is 3.31. The molecule has 1 aromatic heterocycles. The van der Waals surface area contributed by atoms with Gasteiger partial charge < -0.3 is 10.6 Å². The fourth-order valence-electron chi connectivity index (χ4n) is 2.02. The van der Waals surface area contributed by atoms with Gasteiger partial charge in [0.15, 0.2) is 11.6 Å². The zero-order chi connectivity index (χ0) is 17.6. The number of Topliss-reactive ketones (excluding diaryl/α,β-unsaturated/α-hetero) is 1. The summed E-state index contributed by atoms with van der Waals surface area (Å²) in [6.45, 7) is 0.203. The number of benzene rings is 2. The van der Waals surface area contributed by atoms with Crippen molar-refractivity contribution in [2.75, 3.05) is 11.6 Å². The van der Waals surface area contributed by atoms with E-state index in [1.807, 2.05) is 42.5 Å². The number of carbonyl (C=O) groups excluding carboxylic acids is 1. The molecule has 0 fully saturated rings. The van der Waals surface area contributed by atoms with Crippen molar-refractivity contribution >= 4 is 33.5 Å². The number of rotatable bonds is 7. The number of hydrogen-bond acceptors (Lipinski definition) is 6. The van der Waals surface area contributed by atoms with Crippen LogP contribution in [0.25, 0.3) is 0 Å². The highest BCUT2D eigenvalue weighted by Gasteiger charge is 2.13. The number of ketones is 1. The normalized spacial score (nSPS) is 10.6. The third-order valence-corrected chi connectivity index (χ3v) is 4.82.